The third kappa shape index (κ3) is 4.24. The Kier molecular flexibility index (Phi) is 6.53. The van der Waals surface area contributed by atoms with Crippen molar-refractivity contribution in [1.29, 1.82) is 0 Å². The first-order valence-electron chi connectivity index (χ1n) is 13.9. The van der Waals surface area contributed by atoms with Crippen molar-refractivity contribution in [1.82, 2.24) is 15.1 Å². The van der Waals surface area contributed by atoms with E-state index in [2.05, 4.69) is 5.32 Å². The summed E-state index contributed by atoms with van der Waals surface area (Å²) in [7, 11) is 0. The fourth-order valence-corrected chi connectivity index (χ4v) is 6.88. The molecule has 9 heteroatoms. The molecular weight excluding hydrogens is 496 g/mol. The molecule has 9 nitrogen and oxygen atoms in total. The predicted molar refractivity (Wildman–Crippen MR) is 144 cm³/mol. The van der Waals surface area contributed by atoms with E-state index in [4.69, 9.17) is 4.74 Å². The normalized spacial score (nSPS) is 25.4. The smallest absolute Gasteiger partial charge is 0.240 e. The monoisotopic (exact) mass is 530 g/mol. The molecule has 0 radical (unpaired) electrons. The SMILES string of the molecule is CC(=O)N1CCC(C(=O)N2CC[C@]34C(=O)N(CC(=O)NCCCOc5cccc(c5)[C@H]23)c2ccccc24)CC1. The molecule has 4 bridgehead atoms. The van der Waals surface area contributed by atoms with E-state index in [1.54, 1.807) is 16.7 Å². The van der Waals surface area contributed by atoms with Gasteiger partial charge in [0, 0.05) is 44.7 Å². The second-order valence-corrected chi connectivity index (χ2v) is 11.0. The van der Waals surface area contributed by atoms with Gasteiger partial charge in [-0.05, 0) is 55.0 Å². The van der Waals surface area contributed by atoms with Crippen LogP contribution in [0, 0.1) is 5.92 Å². The van der Waals surface area contributed by atoms with Crippen LogP contribution in [0.5, 0.6) is 5.75 Å². The van der Waals surface area contributed by atoms with Crippen LogP contribution in [-0.2, 0) is 24.6 Å². The predicted octanol–water partition coefficient (Wildman–Crippen LogP) is 2.40. The summed E-state index contributed by atoms with van der Waals surface area (Å²) in [5.74, 6) is 0.155. The third-order valence-corrected chi connectivity index (χ3v) is 8.79. The van der Waals surface area contributed by atoms with Gasteiger partial charge in [0.15, 0.2) is 0 Å². The molecule has 39 heavy (non-hydrogen) atoms. The maximum atomic E-state index is 14.5. The Hall–Kier alpha value is -3.88. The standard InChI is InChI=1S/C30H34N4O5/c1-20(35)32-14-10-21(11-15-32)28(37)33-16-12-30-24-8-2-3-9-25(24)34(29(30)38)19-26(36)31-13-5-17-39-23-7-4-6-22(18-23)27(30)33/h2-4,6-9,18,21,27H,5,10-17,19H2,1H3,(H,31,36)/t27-,30+/m0/s1. The van der Waals surface area contributed by atoms with Crippen LogP contribution in [0.3, 0.4) is 0 Å². The van der Waals surface area contributed by atoms with E-state index in [-0.39, 0.29) is 36.1 Å². The fraction of sp³-hybridized carbons (Fsp3) is 0.467. The zero-order valence-electron chi connectivity index (χ0n) is 22.2. The number of amides is 4. The lowest BCUT2D eigenvalue weighted by molar-refractivity contribution is -0.142. The summed E-state index contributed by atoms with van der Waals surface area (Å²) in [6, 6.07) is 14.9. The number of benzene rings is 2. The number of ether oxygens (including phenoxy) is 1. The molecule has 2 aromatic carbocycles. The van der Waals surface area contributed by atoms with E-state index in [0.717, 1.165) is 16.8 Å². The van der Waals surface area contributed by atoms with Gasteiger partial charge in [-0.2, -0.15) is 0 Å². The van der Waals surface area contributed by atoms with Crippen molar-refractivity contribution in [2.45, 2.75) is 44.1 Å². The number of fused-ring (bicyclic) bond motifs is 6. The lowest BCUT2D eigenvalue weighted by Gasteiger charge is -2.38. The topological polar surface area (TPSA) is 99.3 Å². The molecule has 4 amide bonds. The molecule has 4 heterocycles. The lowest BCUT2D eigenvalue weighted by atomic mass is 9.72. The molecule has 2 fully saturated rings. The Morgan fingerprint density at radius 2 is 1.82 bits per heavy atom. The highest BCUT2D eigenvalue weighted by atomic mass is 16.5. The van der Waals surface area contributed by atoms with Crippen molar-refractivity contribution >= 4 is 29.3 Å². The van der Waals surface area contributed by atoms with Crippen molar-refractivity contribution in [3.05, 3.63) is 59.7 Å². The van der Waals surface area contributed by atoms with Gasteiger partial charge in [-0.1, -0.05) is 30.3 Å². The van der Waals surface area contributed by atoms with Gasteiger partial charge in [-0.3, -0.25) is 19.2 Å². The molecule has 0 aliphatic carbocycles. The number of rotatable bonds is 1. The number of carbonyl (C=O) groups excluding carboxylic acids is 4. The zero-order valence-corrected chi connectivity index (χ0v) is 22.2. The molecule has 1 spiro atoms. The molecule has 4 aliphatic rings. The molecule has 204 valence electrons. The zero-order chi connectivity index (χ0) is 27.1. The summed E-state index contributed by atoms with van der Waals surface area (Å²) in [4.78, 5) is 58.6. The van der Waals surface area contributed by atoms with Crippen LogP contribution in [0.2, 0.25) is 0 Å². The quantitative estimate of drug-likeness (QED) is 0.611. The highest BCUT2D eigenvalue weighted by Crippen LogP contribution is 2.57. The number of hydrogen-bond acceptors (Lipinski definition) is 5. The molecule has 2 atom stereocenters. The fourth-order valence-electron chi connectivity index (χ4n) is 6.88. The van der Waals surface area contributed by atoms with E-state index in [1.807, 2.05) is 53.4 Å². The summed E-state index contributed by atoms with van der Waals surface area (Å²) >= 11 is 0. The molecule has 1 N–H and O–H groups in total. The summed E-state index contributed by atoms with van der Waals surface area (Å²) in [6.07, 6.45) is 2.31. The minimum atomic E-state index is -1.00. The summed E-state index contributed by atoms with van der Waals surface area (Å²) in [5, 5.41) is 2.91. The first-order chi connectivity index (χ1) is 18.9. The number of piperidine rings is 1. The number of para-hydroxylation sites is 1. The molecular formula is C30H34N4O5. The maximum absolute atomic E-state index is 14.5. The van der Waals surface area contributed by atoms with Gasteiger partial charge in [0.25, 0.3) is 0 Å². The van der Waals surface area contributed by atoms with Crippen LogP contribution in [0.4, 0.5) is 5.69 Å². The second kappa shape index (κ2) is 10.0. The van der Waals surface area contributed by atoms with E-state index in [1.165, 1.54) is 0 Å². The number of carbonyl (C=O) groups is 4. The highest BCUT2D eigenvalue weighted by Gasteiger charge is 2.62. The van der Waals surface area contributed by atoms with E-state index in [0.29, 0.717) is 64.2 Å². The van der Waals surface area contributed by atoms with Crippen LogP contribution in [0.1, 0.15) is 49.8 Å². The van der Waals surface area contributed by atoms with Crippen LogP contribution >= 0.6 is 0 Å². The molecule has 4 aliphatic heterocycles. The van der Waals surface area contributed by atoms with Gasteiger partial charge in [0.05, 0.1) is 12.6 Å². The van der Waals surface area contributed by atoms with Crippen molar-refractivity contribution in [2.75, 3.05) is 44.2 Å². The van der Waals surface area contributed by atoms with Crippen molar-refractivity contribution in [2.24, 2.45) is 5.92 Å². The van der Waals surface area contributed by atoms with Gasteiger partial charge >= 0.3 is 0 Å². The largest absolute Gasteiger partial charge is 0.494 e. The van der Waals surface area contributed by atoms with Gasteiger partial charge in [-0.25, -0.2) is 0 Å². The molecule has 0 saturated carbocycles. The van der Waals surface area contributed by atoms with Gasteiger partial charge < -0.3 is 24.8 Å². The second-order valence-electron chi connectivity index (χ2n) is 11.0. The van der Waals surface area contributed by atoms with E-state index < -0.39 is 11.5 Å². The molecule has 2 aromatic rings. The van der Waals surface area contributed by atoms with Crippen molar-refractivity contribution < 1.29 is 23.9 Å². The summed E-state index contributed by atoms with van der Waals surface area (Å²) < 4.78 is 6.01. The minimum absolute atomic E-state index is 0.0222. The average Bonchev–Trinajstić information content (AvgIpc) is 3.45. The van der Waals surface area contributed by atoms with Crippen LogP contribution in [-0.4, -0.2) is 72.8 Å². The Morgan fingerprint density at radius 3 is 2.62 bits per heavy atom. The number of likely N-dealkylation sites (tertiary alicyclic amines) is 2. The third-order valence-electron chi connectivity index (χ3n) is 8.79. The van der Waals surface area contributed by atoms with Gasteiger partial charge in [0.1, 0.15) is 17.7 Å². The highest BCUT2D eigenvalue weighted by molar-refractivity contribution is 6.12. The van der Waals surface area contributed by atoms with Crippen LogP contribution < -0.4 is 15.0 Å². The number of nitrogens with one attached hydrogen (secondary N) is 1. The molecule has 0 unspecified atom stereocenters. The van der Waals surface area contributed by atoms with E-state index >= 15 is 0 Å². The van der Waals surface area contributed by atoms with Crippen molar-refractivity contribution in [3.63, 3.8) is 0 Å². The van der Waals surface area contributed by atoms with Crippen LogP contribution in [0.15, 0.2) is 48.5 Å². The summed E-state index contributed by atoms with van der Waals surface area (Å²) in [6.45, 7) is 3.95. The molecule has 6 rings (SSSR count). The Balaban J connectivity index is 1.45. The number of hydrogen-bond donors (Lipinski definition) is 1. The average molecular weight is 531 g/mol. The van der Waals surface area contributed by atoms with Crippen LogP contribution in [0.25, 0.3) is 0 Å². The Bertz CT molecular complexity index is 1320. The number of anilines is 1. The molecule has 0 aromatic heterocycles. The maximum Gasteiger partial charge on any atom is 0.240 e. The first-order valence-corrected chi connectivity index (χ1v) is 13.9. The van der Waals surface area contributed by atoms with E-state index in [9.17, 15) is 19.2 Å². The molecule has 2 saturated heterocycles. The van der Waals surface area contributed by atoms with Gasteiger partial charge in [0.2, 0.25) is 23.6 Å². The Labute approximate surface area is 228 Å². The Morgan fingerprint density at radius 1 is 1.03 bits per heavy atom. The minimum Gasteiger partial charge on any atom is -0.494 e. The van der Waals surface area contributed by atoms with Crippen molar-refractivity contribution in [3.8, 4) is 5.75 Å². The first kappa shape index (κ1) is 25.4. The number of nitrogens with zero attached hydrogens (tertiary/aromatic N) is 3. The van der Waals surface area contributed by atoms with Gasteiger partial charge in [-0.15, -0.1) is 0 Å². The lowest BCUT2D eigenvalue weighted by Crippen LogP contribution is -2.49. The summed E-state index contributed by atoms with van der Waals surface area (Å²) in [5.41, 5.74) is 1.44.